The number of imidazole rings is 1. The van der Waals surface area contributed by atoms with Gasteiger partial charge in [0.15, 0.2) is 16.9 Å². The average Bonchev–Trinajstić information content (AvgIpc) is 3.20. The highest BCUT2D eigenvalue weighted by Gasteiger charge is 2.19. The molecule has 0 aliphatic heterocycles. The van der Waals surface area contributed by atoms with Crippen molar-refractivity contribution in [2.75, 3.05) is 6.61 Å². The van der Waals surface area contributed by atoms with Crippen LogP contribution < -0.4 is 16.0 Å². The second-order valence-electron chi connectivity index (χ2n) is 7.75. The summed E-state index contributed by atoms with van der Waals surface area (Å²) in [4.78, 5) is 56.2. The predicted octanol–water partition coefficient (Wildman–Crippen LogP) is 2.81. The molecule has 10 nitrogen and oxygen atoms in total. The van der Waals surface area contributed by atoms with Gasteiger partial charge in [0.2, 0.25) is 0 Å². The molecule has 182 valence electrons. The first-order chi connectivity index (χ1) is 16.4. The molecule has 0 fully saturated rings. The maximum absolute atomic E-state index is 12.4. The van der Waals surface area contributed by atoms with Crippen LogP contribution in [-0.2, 0) is 29.2 Å². The fraction of sp³-hybridized carbons (Fsp3) is 0.458. The molecule has 0 spiro atoms. The second-order valence-corrected chi connectivity index (χ2v) is 7.75. The summed E-state index contributed by atoms with van der Waals surface area (Å²) >= 11 is 0. The predicted molar refractivity (Wildman–Crippen MR) is 126 cm³/mol. The van der Waals surface area contributed by atoms with Crippen molar-refractivity contribution in [1.82, 2.24) is 19.1 Å². The normalized spacial score (nSPS) is 11.0. The van der Waals surface area contributed by atoms with Crippen molar-refractivity contribution in [2.24, 2.45) is 0 Å². The Morgan fingerprint density at radius 1 is 1.03 bits per heavy atom. The van der Waals surface area contributed by atoms with E-state index in [-0.39, 0.29) is 36.4 Å². The quantitative estimate of drug-likeness (QED) is 0.319. The SMILES string of the molecule is CCCCn1c(=O)[nH]c(=O)c2c1nc(COC(=O)CCC(=O)c1ccc(OCC)cc1)n2CC. The maximum atomic E-state index is 12.4. The monoisotopic (exact) mass is 470 g/mol. The Labute approximate surface area is 196 Å². The molecule has 3 rings (SSSR count). The Balaban J connectivity index is 1.68. The number of benzene rings is 1. The van der Waals surface area contributed by atoms with E-state index in [2.05, 4.69) is 9.97 Å². The van der Waals surface area contributed by atoms with E-state index in [1.807, 2.05) is 20.8 Å². The van der Waals surface area contributed by atoms with Crippen LogP contribution in [0, 0.1) is 0 Å². The molecule has 0 atom stereocenters. The van der Waals surface area contributed by atoms with Crippen LogP contribution in [0.1, 0.15) is 62.6 Å². The number of unbranched alkanes of at least 4 members (excludes halogenated alkanes) is 1. The third-order valence-corrected chi connectivity index (χ3v) is 5.42. The van der Waals surface area contributed by atoms with Crippen molar-refractivity contribution in [1.29, 1.82) is 0 Å². The lowest BCUT2D eigenvalue weighted by Gasteiger charge is -2.07. The van der Waals surface area contributed by atoms with Gasteiger partial charge in [-0.1, -0.05) is 13.3 Å². The zero-order chi connectivity index (χ0) is 24.7. The molecule has 0 saturated heterocycles. The van der Waals surface area contributed by atoms with E-state index in [1.165, 1.54) is 4.57 Å². The van der Waals surface area contributed by atoms with Crippen molar-refractivity contribution in [3.63, 3.8) is 0 Å². The largest absolute Gasteiger partial charge is 0.494 e. The number of carbonyl (C=O) groups excluding carboxylic acids is 2. The van der Waals surface area contributed by atoms with Crippen molar-refractivity contribution >= 4 is 22.9 Å². The third kappa shape index (κ3) is 5.62. The van der Waals surface area contributed by atoms with Crippen LogP contribution in [0.25, 0.3) is 11.2 Å². The second kappa shape index (κ2) is 11.4. The van der Waals surface area contributed by atoms with Gasteiger partial charge in [0, 0.05) is 25.1 Å². The van der Waals surface area contributed by atoms with Crippen molar-refractivity contribution in [3.05, 3.63) is 56.5 Å². The number of aromatic nitrogens is 4. The Kier molecular flexibility index (Phi) is 8.39. The Morgan fingerprint density at radius 3 is 2.41 bits per heavy atom. The van der Waals surface area contributed by atoms with Crippen LogP contribution in [0.2, 0.25) is 0 Å². The van der Waals surface area contributed by atoms with Gasteiger partial charge in [-0.25, -0.2) is 9.78 Å². The lowest BCUT2D eigenvalue weighted by molar-refractivity contribution is -0.145. The molecule has 0 bridgehead atoms. The number of ether oxygens (including phenoxy) is 2. The lowest BCUT2D eigenvalue weighted by atomic mass is 10.1. The molecular weight excluding hydrogens is 440 g/mol. The molecule has 34 heavy (non-hydrogen) atoms. The zero-order valence-electron chi connectivity index (χ0n) is 19.8. The molecule has 2 heterocycles. The van der Waals surface area contributed by atoms with E-state index >= 15 is 0 Å². The highest BCUT2D eigenvalue weighted by Crippen LogP contribution is 2.16. The number of carbonyl (C=O) groups is 2. The molecule has 1 aromatic carbocycles. The first kappa shape index (κ1) is 24.9. The summed E-state index contributed by atoms with van der Waals surface area (Å²) in [6.07, 6.45) is 1.56. The third-order valence-electron chi connectivity index (χ3n) is 5.42. The number of rotatable bonds is 12. The summed E-state index contributed by atoms with van der Waals surface area (Å²) in [7, 11) is 0. The van der Waals surface area contributed by atoms with E-state index in [4.69, 9.17) is 9.47 Å². The smallest absolute Gasteiger partial charge is 0.330 e. The first-order valence-electron chi connectivity index (χ1n) is 11.5. The van der Waals surface area contributed by atoms with Crippen molar-refractivity contribution in [3.8, 4) is 5.75 Å². The number of nitrogens with one attached hydrogen (secondary N) is 1. The molecule has 1 N–H and O–H groups in total. The summed E-state index contributed by atoms with van der Waals surface area (Å²) in [6, 6.07) is 6.76. The molecule has 0 aliphatic carbocycles. The summed E-state index contributed by atoms with van der Waals surface area (Å²) in [5.41, 5.74) is 0.00712. The van der Waals surface area contributed by atoms with E-state index in [9.17, 15) is 19.2 Å². The lowest BCUT2D eigenvalue weighted by Crippen LogP contribution is -2.31. The number of esters is 1. The highest BCUT2D eigenvalue weighted by molar-refractivity contribution is 5.97. The molecule has 0 amide bonds. The Hall–Kier alpha value is -3.69. The van der Waals surface area contributed by atoms with Crippen LogP contribution in [0.15, 0.2) is 33.9 Å². The standard InChI is InChI=1S/C24H30N4O6/c1-4-7-14-28-22-21(23(31)26-24(28)32)27(5-2)19(25-22)15-34-20(30)13-12-18(29)16-8-10-17(11-9-16)33-6-3/h8-11H,4-7,12-15H2,1-3H3,(H,26,31,32). The number of fused-ring (bicyclic) bond motifs is 1. The van der Waals surface area contributed by atoms with Crippen LogP contribution >= 0.6 is 0 Å². The first-order valence-corrected chi connectivity index (χ1v) is 11.5. The summed E-state index contributed by atoms with van der Waals surface area (Å²) < 4.78 is 13.8. The average molecular weight is 471 g/mol. The molecule has 0 unspecified atom stereocenters. The van der Waals surface area contributed by atoms with Gasteiger partial charge in [-0.3, -0.25) is 23.9 Å². The van der Waals surface area contributed by atoms with Crippen LogP contribution in [0.3, 0.4) is 0 Å². The molecular formula is C24H30N4O6. The number of hydrogen-bond donors (Lipinski definition) is 1. The minimum atomic E-state index is -0.550. The van der Waals surface area contributed by atoms with Crippen LogP contribution in [-0.4, -0.2) is 37.5 Å². The number of ketones is 1. The Morgan fingerprint density at radius 2 is 1.76 bits per heavy atom. The molecule has 0 radical (unpaired) electrons. The zero-order valence-corrected chi connectivity index (χ0v) is 19.8. The maximum Gasteiger partial charge on any atom is 0.330 e. The minimum absolute atomic E-state index is 0.00718. The molecule has 0 aliphatic rings. The number of aryl methyl sites for hydroxylation is 2. The fourth-order valence-electron chi connectivity index (χ4n) is 3.67. The van der Waals surface area contributed by atoms with Crippen LogP contribution in [0.4, 0.5) is 0 Å². The van der Waals surface area contributed by atoms with Gasteiger partial charge in [-0.15, -0.1) is 0 Å². The van der Waals surface area contributed by atoms with Crippen molar-refractivity contribution < 1.29 is 19.1 Å². The molecule has 2 aromatic heterocycles. The van der Waals surface area contributed by atoms with E-state index in [0.717, 1.165) is 12.8 Å². The van der Waals surface area contributed by atoms with Gasteiger partial charge in [-0.2, -0.15) is 0 Å². The van der Waals surface area contributed by atoms with Gasteiger partial charge < -0.3 is 14.0 Å². The number of hydrogen-bond acceptors (Lipinski definition) is 7. The molecule has 0 saturated carbocycles. The van der Waals surface area contributed by atoms with E-state index in [0.29, 0.717) is 36.8 Å². The number of nitrogens with zero attached hydrogens (tertiary/aromatic N) is 3. The Bertz CT molecular complexity index is 1270. The summed E-state index contributed by atoms with van der Waals surface area (Å²) in [5, 5.41) is 0. The molecule has 3 aromatic rings. The van der Waals surface area contributed by atoms with Gasteiger partial charge in [0.05, 0.1) is 13.0 Å². The number of Topliss-reactive ketones (excluding diaryl/α,β-unsaturated/α-hetero) is 1. The number of aromatic amines is 1. The number of H-pyrrole nitrogens is 1. The van der Waals surface area contributed by atoms with Gasteiger partial charge in [0.25, 0.3) is 5.56 Å². The van der Waals surface area contributed by atoms with Crippen LogP contribution in [0.5, 0.6) is 5.75 Å². The van der Waals surface area contributed by atoms with E-state index in [1.54, 1.807) is 28.8 Å². The topological polar surface area (TPSA) is 125 Å². The van der Waals surface area contributed by atoms with E-state index < -0.39 is 17.2 Å². The van der Waals surface area contributed by atoms with Crippen molar-refractivity contribution in [2.45, 2.75) is 66.2 Å². The summed E-state index contributed by atoms with van der Waals surface area (Å²) in [5.74, 6) is 0.319. The fourth-order valence-corrected chi connectivity index (χ4v) is 3.67. The van der Waals surface area contributed by atoms with Gasteiger partial charge >= 0.3 is 11.7 Å². The molecule has 10 heteroatoms. The van der Waals surface area contributed by atoms with Gasteiger partial charge in [0.1, 0.15) is 18.2 Å². The van der Waals surface area contributed by atoms with Gasteiger partial charge in [-0.05, 0) is 44.5 Å². The highest BCUT2D eigenvalue weighted by atomic mass is 16.5. The minimum Gasteiger partial charge on any atom is -0.494 e. The summed E-state index contributed by atoms with van der Waals surface area (Å²) in [6.45, 7) is 6.93.